The summed E-state index contributed by atoms with van der Waals surface area (Å²) in [5.74, 6) is 0.160. The van der Waals surface area contributed by atoms with E-state index in [4.69, 9.17) is 0 Å². The summed E-state index contributed by atoms with van der Waals surface area (Å²) in [5.41, 5.74) is 0.403. The van der Waals surface area contributed by atoms with E-state index in [1.54, 1.807) is 30.1 Å². The zero-order valence-electron chi connectivity index (χ0n) is 15.5. The predicted molar refractivity (Wildman–Crippen MR) is 101 cm³/mol. The summed E-state index contributed by atoms with van der Waals surface area (Å²) in [6, 6.07) is 7.43. The molecule has 2 aromatic rings. The number of nitrogens with one attached hydrogen (secondary N) is 1. The summed E-state index contributed by atoms with van der Waals surface area (Å²) in [4.78, 5) is 48.0. The molecule has 1 saturated heterocycles. The predicted octanol–water partition coefficient (Wildman–Crippen LogP) is 1.67. The number of aromatic nitrogens is 2. The summed E-state index contributed by atoms with van der Waals surface area (Å²) >= 11 is 0. The van der Waals surface area contributed by atoms with E-state index in [1.807, 2.05) is 11.0 Å². The standard InChI is InChI=1S/C20H24N4O3/c1-23(12-17-21-16-9-5-4-8-15(16)19(26)22-17)20(27)13-10-18(25)24(11-13)14-6-2-3-7-14/h4-5,8-9,13-14H,2-3,6-7,10-12H2,1H3,(H,21,22,26). The molecule has 1 atom stereocenters. The van der Waals surface area contributed by atoms with Gasteiger partial charge in [-0.15, -0.1) is 0 Å². The highest BCUT2D eigenvalue weighted by molar-refractivity contribution is 5.89. The molecule has 0 radical (unpaired) electrons. The van der Waals surface area contributed by atoms with Gasteiger partial charge in [0.15, 0.2) is 0 Å². The van der Waals surface area contributed by atoms with Crippen molar-refractivity contribution in [2.45, 2.75) is 44.7 Å². The summed E-state index contributed by atoms with van der Waals surface area (Å²) in [7, 11) is 1.69. The Morgan fingerprint density at radius 2 is 2.00 bits per heavy atom. The van der Waals surface area contributed by atoms with Crippen molar-refractivity contribution in [3.63, 3.8) is 0 Å². The van der Waals surface area contributed by atoms with Crippen LogP contribution in [0.2, 0.25) is 0 Å². The van der Waals surface area contributed by atoms with Gasteiger partial charge >= 0.3 is 0 Å². The molecule has 7 heteroatoms. The lowest BCUT2D eigenvalue weighted by Crippen LogP contribution is -2.37. The topological polar surface area (TPSA) is 86.4 Å². The van der Waals surface area contributed by atoms with Crippen LogP contribution < -0.4 is 5.56 Å². The maximum Gasteiger partial charge on any atom is 0.258 e. The largest absolute Gasteiger partial charge is 0.339 e. The Kier molecular flexibility index (Phi) is 4.68. The summed E-state index contributed by atoms with van der Waals surface area (Å²) in [6.07, 6.45) is 4.69. The fourth-order valence-electron chi connectivity index (χ4n) is 4.29. The number of carbonyl (C=O) groups is 2. The highest BCUT2D eigenvalue weighted by Gasteiger charge is 2.39. The van der Waals surface area contributed by atoms with Crippen molar-refractivity contribution < 1.29 is 9.59 Å². The van der Waals surface area contributed by atoms with Gasteiger partial charge in [0.1, 0.15) is 5.82 Å². The van der Waals surface area contributed by atoms with Gasteiger partial charge in [0.05, 0.1) is 23.4 Å². The molecule has 0 bridgehead atoms. The number of likely N-dealkylation sites (tertiary alicyclic amines) is 1. The van der Waals surface area contributed by atoms with Crippen LogP contribution in [0.1, 0.15) is 37.9 Å². The second-order valence-electron chi connectivity index (χ2n) is 7.61. The Hall–Kier alpha value is -2.70. The number of hydrogen-bond donors (Lipinski definition) is 1. The molecule has 27 heavy (non-hydrogen) atoms. The van der Waals surface area contributed by atoms with Crippen molar-refractivity contribution in [3.8, 4) is 0 Å². The van der Waals surface area contributed by atoms with Crippen molar-refractivity contribution in [1.29, 1.82) is 0 Å². The van der Waals surface area contributed by atoms with E-state index in [0.717, 1.165) is 25.7 Å². The fraction of sp³-hybridized carbons (Fsp3) is 0.500. The van der Waals surface area contributed by atoms with Crippen LogP contribution >= 0.6 is 0 Å². The Bertz CT molecular complexity index is 932. The quantitative estimate of drug-likeness (QED) is 0.889. The number of nitrogens with zero attached hydrogens (tertiary/aromatic N) is 3. The molecular formula is C20H24N4O3. The highest BCUT2D eigenvalue weighted by Crippen LogP contribution is 2.30. The molecule has 1 aliphatic carbocycles. The molecule has 4 rings (SSSR count). The number of H-pyrrole nitrogens is 1. The minimum atomic E-state index is -0.310. The zero-order chi connectivity index (χ0) is 19.0. The maximum atomic E-state index is 12.8. The van der Waals surface area contributed by atoms with Gasteiger partial charge in [0, 0.05) is 26.1 Å². The van der Waals surface area contributed by atoms with E-state index < -0.39 is 0 Å². The van der Waals surface area contributed by atoms with E-state index in [-0.39, 0.29) is 36.3 Å². The van der Waals surface area contributed by atoms with Crippen LogP contribution in [-0.2, 0) is 16.1 Å². The van der Waals surface area contributed by atoms with Crippen molar-refractivity contribution in [2.24, 2.45) is 5.92 Å². The first-order valence-corrected chi connectivity index (χ1v) is 9.55. The van der Waals surface area contributed by atoms with Crippen LogP contribution in [0, 0.1) is 5.92 Å². The van der Waals surface area contributed by atoms with Crippen LogP contribution in [0.5, 0.6) is 0 Å². The highest BCUT2D eigenvalue weighted by atomic mass is 16.2. The van der Waals surface area contributed by atoms with Crippen LogP contribution in [0.3, 0.4) is 0 Å². The van der Waals surface area contributed by atoms with Crippen molar-refractivity contribution in [3.05, 3.63) is 40.4 Å². The van der Waals surface area contributed by atoms with E-state index >= 15 is 0 Å². The van der Waals surface area contributed by atoms with Crippen LogP contribution in [-0.4, -0.2) is 51.2 Å². The van der Waals surface area contributed by atoms with Crippen LogP contribution in [0.15, 0.2) is 29.1 Å². The minimum Gasteiger partial charge on any atom is -0.339 e. The monoisotopic (exact) mass is 368 g/mol. The molecule has 2 heterocycles. The van der Waals surface area contributed by atoms with Gasteiger partial charge in [-0.25, -0.2) is 4.98 Å². The lowest BCUT2D eigenvalue weighted by molar-refractivity contribution is -0.135. The molecule has 142 valence electrons. The van der Waals surface area contributed by atoms with Gasteiger partial charge in [0.25, 0.3) is 5.56 Å². The number of rotatable bonds is 4. The lowest BCUT2D eigenvalue weighted by atomic mass is 10.1. The van der Waals surface area contributed by atoms with Crippen molar-refractivity contribution in [1.82, 2.24) is 19.8 Å². The molecule has 2 aliphatic rings. The third-order valence-corrected chi connectivity index (χ3v) is 5.70. The number of aromatic amines is 1. The third kappa shape index (κ3) is 3.46. The molecule has 2 fully saturated rings. The maximum absolute atomic E-state index is 12.8. The first kappa shape index (κ1) is 17.7. The minimum absolute atomic E-state index is 0.0698. The van der Waals surface area contributed by atoms with E-state index in [1.165, 1.54) is 0 Å². The van der Waals surface area contributed by atoms with Crippen molar-refractivity contribution in [2.75, 3.05) is 13.6 Å². The number of fused-ring (bicyclic) bond motifs is 1. The molecule has 1 N–H and O–H groups in total. The summed E-state index contributed by atoms with van der Waals surface area (Å²) in [6.45, 7) is 0.724. The lowest BCUT2D eigenvalue weighted by Gasteiger charge is -2.25. The third-order valence-electron chi connectivity index (χ3n) is 5.70. The van der Waals surface area contributed by atoms with Crippen LogP contribution in [0.4, 0.5) is 0 Å². The number of benzene rings is 1. The van der Waals surface area contributed by atoms with E-state index in [2.05, 4.69) is 9.97 Å². The Labute approximate surface area is 157 Å². The molecule has 1 aromatic heterocycles. The number of hydrogen-bond acceptors (Lipinski definition) is 4. The molecule has 1 unspecified atom stereocenters. The number of para-hydroxylation sites is 1. The van der Waals surface area contributed by atoms with Gasteiger partial charge in [-0.3, -0.25) is 14.4 Å². The first-order chi connectivity index (χ1) is 13.0. The molecule has 7 nitrogen and oxygen atoms in total. The molecule has 1 aromatic carbocycles. The smallest absolute Gasteiger partial charge is 0.258 e. The molecule has 1 saturated carbocycles. The second-order valence-corrected chi connectivity index (χ2v) is 7.61. The van der Waals surface area contributed by atoms with Gasteiger partial charge in [-0.05, 0) is 25.0 Å². The Morgan fingerprint density at radius 3 is 2.78 bits per heavy atom. The average Bonchev–Trinajstić information content (AvgIpc) is 3.30. The van der Waals surface area contributed by atoms with E-state index in [9.17, 15) is 14.4 Å². The zero-order valence-corrected chi connectivity index (χ0v) is 15.5. The van der Waals surface area contributed by atoms with Gasteiger partial charge in [-0.1, -0.05) is 25.0 Å². The van der Waals surface area contributed by atoms with Crippen molar-refractivity contribution >= 4 is 22.7 Å². The normalized spacial score (nSPS) is 20.6. The first-order valence-electron chi connectivity index (χ1n) is 9.55. The van der Waals surface area contributed by atoms with Gasteiger partial charge in [-0.2, -0.15) is 0 Å². The Morgan fingerprint density at radius 1 is 1.26 bits per heavy atom. The molecular weight excluding hydrogens is 344 g/mol. The van der Waals surface area contributed by atoms with Gasteiger partial charge in [0.2, 0.25) is 11.8 Å². The Balaban J connectivity index is 1.45. The number of amides is 2. The fourth-order valence-corrected chi connectivity index (χ4v) is 4.29. The van der Waals surface area contributed by atoms with Gasteiger partial charge < -0.3 is 14.8 Å². The number of carbonyl (C=O) groups excluding carboxylic acids is 2. The molecule has 1 aliphatic heterocycles. The summed E-state index contributed by atoms with van der Waals surface area (Å²) in [5, 5.41) is 0.531. The van der Waals surface area contributed by atoms with Crippen LogP contribution in [0.25, 0.3) is 10.9 Å². The SMILES string of the molecule is CN(Cc1nc2ccccc2c(=O)[nH]1)C(=O)C1CC(=O)N(C2CCCC2)C1. The van der Waals surface area contributed by atoms with E-state index in [0.29, 0.717) is 29.3 Å². The second kappa shape index (κ2) is 7.13. The molecule has 2 amide bonds. The molecule has 0 spiro atoms. The summed E-state index contributed by atoms with van der Waals surface area (Å²) < 4.78 is 0. The average molecular weight is 368 g/mol.